The monoisotopic (exact) mass is 326 g/mol. The molecule has 22 heavy (non-hydrogen) atoms. The number of rotatable bonds is 4. The van der Waals surface area contributed by atoms with Crippen LogP contribution in [-0.4, -0.2) is 56.6 Å². The molecule has 1 aromatic carbocycles. The van der Waals surface area contributed by atoms with E-state index in [-0.39, 0.29) is 29.5 Å². The Morgan fingerprint density at radius 1 is 1.41 bits per heavy atom. The number of amides is 1. The number of fused-ring (bicyclic) bond motifs is 1. The van der Waals surface area contributed by atoms with E-state index >= 15 is 0 Å². The van der Waals surface area contributed by atoms with Gasteiger partial charge in [-0.1, -0.05) is 0 Å². The Hall–Kier alpha value is -1.48. The molecule has 0 aliphatic carbocycles. The van der Waals surface area contributed by atoms with E-state index in [1.807, 2.05) is 0 Å². The molecule has 2 fully saturated rings. The maximum absolute atomic E-state index is 12.7. The average molecular weight is 326 g/mol. The van der Waals surface area contributed by atoms with E-state index in [4.69, 9.17) is 10.5 Å². The van der Waals surface area contributed by atoms with E-state index in [2.05, 4.69) is 0 Å². The number of carbonyl (C=O) groups excluding carboxylic acids is 1. The van der Waals surface area contributed by atoms with Gasteiger partial charge in [0.2, 0.25) is 15.9 Å². The van der Waals surface area contributed by atoms with Crippen molar-refractivity contribution in [2.45, 2.75) is 4.90 Å². The lowest BCUT2D eigenvalue weighted by Gasteiger charge is -2.24. The van der Waals surface area contributed by atoms with E-state index in [0.29, 0.717) is 19.8 Å². The molecule has 120 valence electrons. The van der Waals surface area contributed by atoms with Crippen LogP contribution in [0.4, 0.5) is 0 Å². The molecule has 3 N–H and O–H groups in total. The van der Waals surface area contributed by atoms with E-state index in [0.717, 1.165) is 0 Å². The smallest absolute Gasteiger partial charge is 0.248 e. The van der Waals surface area contributed by atoms with Crippen molar-refractivity contribution in [2.75, 3.05) is 32.9 Å². The molecule has 2 aliphatic heterocycles. The van der Waals surface area contributed by atoms with Gasteiger partial charge in [0.1, 0.15) is 0 Å². The molecule has 0 unspecified atom stereocenters. The molecule has 3 rings (SSSR count). The van der Waals surface area contributed by atoms with Crippen LogP contribution in [0, 0.1) is 11.3 Å². The van der Waals surface area contributed by atoms with Gasteiger partial charge in [-0.05, 0) is 24.3 Å². The van der Waals surface area contributed by atoms with Gasteiger partial charge < -0.3 is 15.6 Å². The molecule has 2 saturated heterocycles. The largest absolute Gasteiger partial charge is 0.396 e. The molecule has 2 atom stereocenters. The van der Waals surface area contributed by atoms with Crippen molar-refractivity contribution in [2.24, 2.45) is 17.1 Å². The SMILES string of the molecule is NC(=O)c1ccc(S(=O)(=O)N2C[C@H]3COC[C@@]3(CO)C2)cc1. The van der Waals surface area contributed by atoms with Gasteiger partial charge in [-0.3, -0.25) is 4.79 Å². The van der Waals surface area contributed by atoms with E-state index in [1.165, 1.54) is 28.6 Å². The Balaban J connectivity index is 1.86. The van der Waals surface area contributed by atoms with Crippen LogP contribution in [0.25, 0.3) is 0 Å². The summed E-state index contributed by atoms with van der Waals surface area (Å²) in [6.07, 6.45) is 0. The highest BCUT2D eigenvalue weighted by atomic mass is 32.2. The molecule has 0 saturated carbocycles. The Labute approximate surface area is 128 Å². The zero-order chi connectivity index (χ0) is 16.0. The van der Waals surface area contributed by atoms with E-state index in [9.17, 15) is 18.3 Å². The summed E-state index contributed by atoms with van der Waals surface area (Å²) in [5.74, 6) is -0.590. The number of benzene rings is 1. The van der Waals surface area contributed by atoms with Crippen molar-refractivity contribution in [3.05, 3.63) is 29.8 Å². The van der Waals surface area contributed by atoms with Crippen LogP contribution in [0.2, 0.25) is 0 Å². The second-order valence-corrected chi connectivity index (χ2v) is 7.86. The Kier molecular flexibility index (Phi) is 3.72. The fraction of sp³-hybridized carbons (Fsp3) is 0.500. The molecule has 0 aromatic heterocycles. The number of aliphatic hydroxyl groups excluding tert-OH is 1. The molecule has 0 radical (unpaired) electrons. The predicted molar refractivity (Wildman–Crippen MR) is 77.5 cm³/mol. The molecule has 2 heterocycles. The van der Waals surface area contributed by atoms with Gasteiger partial charge in [0.25, 0.3) is 0 Å². The van der Waals surface area contributed by atoms with Crippen LogP contribution in [0.1, 0.15) is 10.4 Å². The number of hydrogen-bond donors (Lipinski definition) is 2. The van der Waals surface area contributed by atoms with Crippen molar-refractivity contribution < 1.29 is 23.1 Å². The molecule has 1 amide bonds. The standard InChI is InChI=1S/C14H18N2O5S/c15-13(18)10-1-3-12(4-2-10)22(19,20)16-5-11-6-21-9-14(11,7-16)8-17/h1-4,11,17H,5-9H2,(H2,15,18)/t11-,14-/m0/s1. The highest BCUT2D eigenvalue weighted by molar-refractivity contribution is 7.89. The quantitative estimate of drug-likeness (QED) is 0.769. The maximum Gasteiger partial charge on any atom is 0.248 e. The molecular weight excluding hydrogens is 308 g/mol. The number of nitrogens with two attached hydrogens (primary N) is 1. The Morgan fingerprint density at radius 3 is 2.64 bits per heavy atom. The van der Waals surface area contributed by atoms with Crippen molar-refractivity contribution in [3.63, 3.8) is 0 Å². The van der Waals surface area contributed by atoms with Crippen LogP contribution in [0.15, 0.2) is 29.2 Å². The van der Waals surface area contributed by atoms with Crippen molar-refractivity contribution in [1.29, 1.82) is 0 Å². The first-order valence-electron chi connectivity index (χ1n) is 6.98. The molecular formula is C14H18N2O5S. The summed E-state index contributed by atoms with van der Waals surface area (Å²) < 4.78 is 32.2. The number of ether oxygens (including phenoxy) is 1. The van der Waals surface area contributed by atoms with Crippen molar-refractivity contribution in [3.8, 4) is 0 Å². The van der Waals surface area contributed by atoms with E-state index in [1.54, 1.807) is 0 Å². The van der Waals surface area contributed by atoms with Gasteiger partial charge in [-0.15, -0.1) is 0 Å². The number of carbonyl (C=O) groups is 1. The fourth-order valence-electron chi connectivity index (χ4n) is 3.13. The minimum absolute atomic E-state index is 0.0113. The maximum atomic E-state index is 12.7. The van der Waals surface area contributed by atoms with Gasteiger partial charge in [0.15, 0.2) is 0 Å². The highest BCUT2D eigenvalue weighted by Gasteiger charge is 2.53. The first-order valence-corrected chi connectivity index (χ1v) is 8.42. The van der Waals surface area contributed by atoms with Gasteiger partial charge in [0, 0.05) is 30.0 Å². The topological polar surface area (TPSA) is 110 Å². The molecule has 0 spiro atoms. The third kappa shape index (κ3) is 2.32. The highest BCUT2D eigenvalue weighted by Crippen LogP contribution is 2.42. The number of aliphatic hydroxyl groups is 1. The zero-order valence-electron chi connectivity index (χ0n) is 11.9. The lowest BCUT2D eigenvalue weighted by atomic mass is 9.82. The number of primary amides is 1. The summed E-state index contributed by atoms with van der Waals surface area (Å²) in [7, 11) is -3.66. The summed E-state index contributed by atoms with van der Waals surface area (Å²) >= 11 is 0. The molecule has 1 aromatic rings. The van der Waals surface area contributed by atoms with Crippen LogP contribution in [-0.2, 0) is 14.8 Å². The minimum Gasteiger partial charge on any atom is -0.396 e. The van der Waals surface area contributed by atoms with Crippen LogP contribution >= 0.6 is 0 Å². The molecule has 0 bridgehead atoms. The summed E-state index contributed by atoms with van der Waals surface area (Å²) in [4.78, 5) is 11.2. The summed E-state index contributed by atoms with van der Waals surface area (Å²) in [5, 5.41) is 9.63. The summed E-state index contributed by atoms with van der Waals surface area (Å²) in [5.41, 5.74) is 4.91. The first-order chi connectivity index (χ1) is 10.4. The number of sulfonamides is 1. The van der Waals surface area contributed by atoms with Gasteiger partial charge in [0.05, 0.1) is 24.7 Å². The normalized spacial score (nSPS) is 28.7. The predicted octanol–water partition coefficient (Wildman–Crippen LogP) is -0.585. The zero-order valence-corrected chi connectivity index (χ0v) is 12.8. The molecule has 8 heteroatoms. The second kappa shape index (κ2) is 5.31. The Bertz CT molecular complexity index is 688. The molecule has 7 nitrogen and oxygen atoms in total. The third-order valence-electron chi connectivity index (χ3n) is 4.58. The fourth-order valence-corrected chi connectivity index (χ4v) is 4.71. The van der Waals surface area contributed by atoms with Gasteiger partial charge in [-0.2, -0.15) is 4.31 Å². The average Bonchev–Trinajstić information content (AvgIpc) is 3.04. The van der Waals surface area contributed by atoms with Gasteiger partial charge >= 0.3 is 0 Å². The third-order valence-corrected chi connectivity index (χ3v) is 6.41. The Morgan fingerprint density at radius 2 is 2.09 bits per heavy atom. The second-order valence-electron chi connectivity index (χ2n) is 5.92. The van der Waals surface area contributed by atoms with Crippen molar-refractivity contribution in [1.82, 2.24) is 4.31 Å². The lowest BCUT2D eigenvalue weighted by molar-refractivity contribution is 0.0904. The first kappa shape index (κ1) is 15.4. The van der Waals surface area contributed by atoms with E-state index < -0.39 is 21.3 Å². The summed E-state index contributed by atoms with van der Waals surface area (Å²) in [6.45, 7) is 1.33. The van der Waals surface area contributed by atoms with Gasteiger partial charge in [-0.25, -0.2) is 8.42 Å². The minimum atomic E-state index is -3.66. The molecule has 2 aliphatic rings. The number of hydrogen-bond acceptors (Lipinski definition) is 5. The van der Waals surface area contributed by atoms with Crippen LogP contribution in [0.5, 0.6) is 0 Å². The van der Waals surface area contributed by atoms with Crippen LogP contribution in [0.3, 0.4) is 0 Å². The lowest BCUT2D eigenvalue weighted by Crippen LogP contribution is -2.36. The summed E-state index contributed by atoms with van der Waals surface area (Å²) in [6, 6.07) is 5.56. The van der Waals surface area contributed by atoms with Crippen LogP contribution < -0.4 is 5.73 Å². The van der Waals surface area contributed by atoms with Crippen molar-refractivity contribution >= 4 is 15.9 Å². The number of nitrogens with zero attached hydrogens (tertiary/aromatic N) is 1.